The first kappa shape index (κ1) is 16.1. The number of Topliss-reactive ketones (excluding diaryl/α,β-unsaturated/α-hetero) is 2. The van der Waals surface area contributed by atoms with Crippen LogP contribution < -0.4 is 11.5 Å². The largest absolute Gasteiger partial charge is 0.449 e. The molecule has 134 valence electrons. The van der Waals surface area contributed by atoms with E-state index in [1.807, 2.05) is 11.9 Å². The lowest BCUT2D eigenvalue weighted by molar-refractivity contribution is -0.144. The first-order valence-electron chi connectivity index (χ1n) is 8.04. The Morgan fingerprint density at radius 2 is 2.04 bits per heavy atom. The van der Waals surface area contributed by atoms with Crippen molar-refractivity contribution in [2.24, 2.45) is 17.4 Å². The second kappa shape index (κ2) is 4.83. The van der Waals surface area contributed by atoms with E-state index >= 15 is 0 Å². The van der Waals surface area contributed by atoms with Crippen molar-refractivity contribution >= 4 is 17.7 Å². The molecule has 2 fully saturated rings. The molecule has 0 spiro atoms. The van der Waals surface area contributed by atoms with Gasteiger partial charge in [-0.1, -0.05) is 0 Å². The maximum atomic E-state index is 12.9. The van der Waals surface area contributed by atoms with Gasteiger partial charge in [0.25, 0.3) is 0 Å². The third kappa shape index (κ3) is 1.72. The summed E-state index contributed by atoms with van der Waals surface area (Å²) in [6.07, 6.45) is -0.945. The lowest BCUT2D eigenvalue weighted by Gasteiger charge is -2.40. The van der Waals surface area contributed by atoms with Crippen LogP contribution in [0, 0.1) is 5.92 Å². The number of fused-ring (bicyclic) bond motifs is 4. The Bertz CT molecular complexity index is 787. The zero-order valence-electron chi connectivity index (χ0n) is 14.2. The number of ether oxygens (including phenoxy) is 2. The molecule has 0 aromatic heterocycles. The predicted molar refractivity (Wildman–Crippen MR) is 84.7 cm³/mol. The summed E-state index contributed by atoms with van der Waals surface area (Å²) in [5.41, 5.74) is 10.8. The number of amides is 1. The number of carbonyl (C=O) groups excluding carboxylic acids is 3. The van der Waals surface area contributed by atoms with Crippen LogP contribution in [-0.2, 0) is 19.1 Å². The highest BCUT2D eigenvalue weighted by Gasteiger charge is 2.75. The lowest BCUT2D eigenvalue weighted by atomic mass is 9.82. The Kier molecular flexibility index (Phi) is 3.11. The van der Waals surface area contributed by atoms with Crippen molar-refractivity contribution in [2.75, 3.05) is 27.3 Å². The number of nitrogens with two attached hydrogens (primary N) is 2. The van der Waals surface area contributed by atoms with Crippen molar-refractivity contribution in [1.82, 2.24) is 9.80 Å². The van der Waals surface area contributed by atoms with Crippen molar-refractivity contribution in [1.29, 1.82) is 0 Å². The van der Waals surface area contributed by atoms with Crippen LogP contribution in [0.1, 0.15) is 6.92 Å². The Hall–Kier alpha value is -2.39. The van der Waals surface area contributed by atoms with Crippen LogP contribution in [0.4, 0.5) is 4.79 Å². The van der Waals surface area contributed by atoms with E-state index in [9.17, 15) is 14.4 Å². The van der Waals surface area contributed by atoms with Crippen LogP contribution in [-0.4, -0.2) is 72.6 Å². The molecule has 4 rings (SSSR count). The average molecular weight is 348 g/mol. The number of methoxy groups -OCH3 is 1. The minimum Gasteiger partial charge on any atom is -0.449 e. The van der Waals surface area contributed by atoms with Gasteiger partial charge in [-0.2, -0.15) is 0 Å². The molecule has 0 aromatic rings. The summed E-state index contributed by atoms with van der Waals surface area (Å²) in [7, 11) is 3.49. The monoisotopic (exact) mass is 348 g/mol. The van der Waals surface area contributed by atoms with Crippen LogP contribution in [0.2, 0.25) is 0 Å². The Morgan fingerprint density at radius 3 is 2.64 bits per heavy atom. The standard InChI is InChI=1S/C16H20N4O5/c1-6-10(17)13(22)9-7(5-25-15(18)23)16(24-3)14-8(19(14)2)4-20(16)11(9)12(6)21/h7-8,14H,4-5,17H2,1-3H3,(H2,18,23)/t7-,8+,14+,16+,19?/m1/s1. The molecule has 3 heterocycles. The van der Waals surface area contributed by atoms with Gasteiger partial charge in [-0.3, -0.25) is 14.5 Å². The van der Waals surface area contributed by atoms with Gasteiger partial charge >= 0.3 is 6.09 Å². The Morgan fingerprint density at radius 1 is 1.36 bits per heavy atom. The smallest absolute Gasteiger partial charge is 0.404 e. The third-order valence-corrected chi connectivity index (χ3v) is 5.99. The lowest BCUT2D eigenvalue weighted by Crippen LogP contribution is -2.55. The van der Waals surface area contributed by atoms with Gasteiger partial charge in [0.15, 0.2) is 5.72 Å². The number of allylic oxidation sites excluding steroid dienone is 2. The van der Waals surface area contributed by atoms with Crippen LogP contribution >= 0.6 is 0 Å². The fraction of sp³-hybridized carbons (Fsp3) is 0.562. The summed E-state index contributed by atoms with van der Waals surface area (Å²) < 4.78 is 10.9. The highest BCUT2D eigenvalue weighted by Crippen LogP contribution is 2.59. The maximum absolute atomic E-state index is 12.9. The van der Waals surface area contributed by atoms with Gasteiger partial charge in [-0.15, -0.1) is 0 Å². The summed E-state index contributed by atoms with van der Waals surface area (Å²) in [5, 5.41) is 0. The Labute approximate surface area is 144 Å². The Balaban J connectivity index is 1.85. The van der Waals surface area contributed by atoms with Crippen LogP contribution in [0.3, 0.4) is 0 Å². The van der Waals surface area contributed by atoms with Crippen molar-refractivity contribution in [2.45, 2.75) is 24.7 Å². The summed E-state index contributed by atoms with van der Waals surface area (Å²) in [6.45, 7) is 1.96. The van der Waals surface area contributed by atoms with Gasteiger partial charge in [0.1, 0.15) is 6.61 Å². The van der Waals surface area contributed by atoms with Gasteiger partial charge in [-0.25, -0.2) is 4.79 Å². The second-order valence-corrected chi connectivity index (χ2v) is 6.89. The molecule has 1 aliphatic carbocycles. The van der Waals surface area contributed by atoms with Gasteiger partial charge < -0.3 is 25.8 Å². The predicted octanol–water partition coefficient (Wildman–Crippen LogP) is -1.31. The van der Waals surface area contributed by atoms with E-state index in [0.29, 0.717) is 12.2 Å². The summed E-state index contributed by atoms with van der Waals surface area (Å²) >= 11 is 0. The number of hydrogen-bond acceptors (Lipinski definition) is 8. The molecule has 9 heteroatoms. The molecule has 1 unspecified atom stereocenters. The fourth-order valence-electron chi connectivity index (χ4n) is 4.73. The van der Waals surface area contributed by atoms with E-state index in [4.69, 9.17) is 20.9 Å². The molecule has 25 heavy (non-hydrogen) atoms. The van der Waals surface area contributed by atoms with E-state index in [1.54, 1.807) is 6.92 Å². The van der Waals surface area contributed by atoms with Crippen molar-refractivity contribution in [3.8, 4) is 0 Å². The molecule has 4 aliphatic rings. The molecule has 4 N–H and O–H groups in total. The normalized spacial score (nSPS) is 38.8. The van der Waals surface area contributed by atoms with E-state index in [1.165, 1.54) is 7.11 Å². The molecule has 0 aromatic carbocycles. The molecule has 0 radical (unpaired) electrons. The van der Waals surface area contributed by atoms with Crippen molar-refractivity contribution in [3.63, 3.8) is 0 Å². The quantitative estimate of drug-likeness (QED) is 0.475. The first-order valence-corrected chi connectivity index (χ1v) is 8.04. The van der Waals surface area contributed by atoms with Gasteiger partial charge in [-0.05, 0) is 14.0 Å². The minimum atomic E-state index is -0.949. The fourth-order valence-corrected chi connectivity index (χ4v) is 4.73. The number of ketones is 2. The second-order valence-electron chi connectivity index (χ2n) is 6.89. The molecule has 9 nitrogen and oxygen atoms in total. The molecule has 2 saturated heterocycles. The van der Waals surface area contributed by atoms with Gasteiger partial charge in [0.05, 0.1) is 23.4 Å². The maximum Gasteiger partial charge on any atom is 0.404 e. The highest BCUT2D eigenvalue weighted by atomic mass is 16.6. The molecular weight excluding hydrogens is 328 g/mol. The zero-order chi connectivity index (χ0) is 18.3. The number of nitrogens with zero attached hydrogens (tertiary/aromatic N) is 2. The van der Waals surface area contributed by atoms with Crippen LogP contribution in [0.5, 0.6) is 0 Å². The van der Waals surface area contributed by atoms with Crippen molar-refractivity contribution < 1.29 is 23.9 Å². The first-order chi connectivity index (χ1) is 11.8. The summed E-state index contributed by atoms with van der Waals surface area (Å²) in [6, 6.07) is 0.211. The molecule has 1 amide bonds. The summed E-state index contributed by atoms with van der Waals surface area (Å²) in [4.78, 5) is 40.8. The molecular formula is C16H20N4O5. The van der Waals surface area contributed by atoms with Crippen LogP contribution in [0.15, 0.2) is 22.5 Å². The van der Waals surface area contributed by atoms with E-state index in [2.05, 4.69) is 4.90 Å². The number of carbonyl (C=O) groups is 3. The number of rotatable bonds is 3. The van der Waals surface area contributed by atoms with Gasteiger partial charge in [0, 0.05) is 30.8 Å². The van der Waals surface area contributed by atoms with Crippen LogP contribution in [0.25, 0.3) is 0 Å². The van der Waals surface area contributed by atoms with Gasteiger partial charge in [0.2, 0.25) is 11.6 Å². The molecule has 3 aliphatic heterocycles. The average Bonchev–Trinajstić information content (AvgIpc) is 2.96. The van der Waals surface area contributed by atoms with E-state index in [-0.39, 0.29) is 41.3 Å². The molecule has 5 atom stereocenters. The molecule has 0 bridgehead atoms. The summed E-state index contributed by atoms with van der Waals surface area (Å²) in [5.74, 6) is -1.32. The van der Waals surface area contributed by atoms with E-state index < -0.39 is 23.5 Å². The molecule has 0 saturated carbocycles. The number of likely N-dealkylation sites (N-methyl/N-ethyl adjacent to an activating group) is 1. The number of primary amides is 1. The SMILES string of the molecule is CO[C@]12[C@H](COC(N)=O)C3=C(C(=O)C(C)=C(N)C3=O)N1C[C@H]1[C@@H]2N1C. The van der Waals surface area contributed by atoms with Crippen molar-refractivity contribution in [3.05, 3.63) is 22.5 Å². The topological polar surface area (TPSA) is 128 Å². The van der Waals surface area contributed by atoms with E-state index in [0.717, 1.165) is 0 Å². The highest BCUT2D eigenvalue weighted by molar-refractivity contribution is 6.25. The zero-order valence-corrected chi connectivity index (χ0v) is 14.2. The minimum absolute atomic E-state index is 0.00768. The third-order valence-electron chi connectivity index (χ3n) is 5.99. The number of piperazine rings is 1. The number of hydrogen-bond donors (Lipinski definition) is 2.